The lowest BCUT2D eigenvalue weighted by Gasteiger charge is -2.14. The second-order valence-corrected chi connectivity index (χ2v) is 6.96. The summed E-state index contributed by atoms with van der Waals surface area (Å²) in [6, 6.07) is 5.47. The number of imidazole rings is 1. The summed E-state index contributed by atoms with van der Waals surface area (Å²) in [6.07, 6.45) is 8.77. The highest BCUT2D eigenvalue weighted by molar-refractivity contribution is 6.35. The third-order valence-corrected chi connectivity index (χ3v) is 5.02. The van der Waals surface area contributed by atoms with E-state index in [9.17, 15) is 0 Å². The molecule has 5 rings (SSSR count). The van der Waals surface area contributed by atoms with E-state index in [0.29, 0.717) is 22.0 Å². The van der Waals surface area contributed by atoms with Gasteiger partial charge in [0.25, 0.3) is 0 Å². The summed E-state index contributed by atoms with van der Waals surface area (Å²) in [4.78, 5) is 24.5. The van der Waals surface area contributed by atoms with E-state index in [1.807, 2.05) is 29.8 Å². The molecule has 4 N–H and O–H groups in total. The third-order valence-electron chi connectivity index (χ3n) is 4.71. The average Bonchev–Trinajstić information content (AvgIpc) is 3.34. The maximum absolute atomic E-state index is 6.55. The zero-order valence-corrected chi connectivity index (χ0v) is 16.1. The number of hydrogen-bond acceptors (Lipinski definition) is 7. The van der Waals surface area contributed by atoms with Gasteiger partial charge < -0.3 is 16.0 Å². The summed E-state index contributed by atoms with van der Waals surface area (Å²) in [5.41, 5.74) is 9.64. The monoisotopic (exact) mass is 405 g/mol. The van der Waals surface area contributed by atoms with Crippen molar-refractivity contribution in [2.24, 2.45) is 0 Å². The SMILES string of the molecule is C[C@H](Nc1nc(N)nc2[nH]cnc12)c1cn(-c2cccnc2)c2nccc(Cl)c12. The normalized spacial score (nSPS) is 12.5. The molecule has 0 aliphatic carbocycles. The molecule has 0 bridgehead atoms. The van der Waals surface area contributed by atoms with Crippen molar-refractivity contribution >= 4 is 45.6 Å². The van der Waals surface area contributed by atoms with Gasteiger partial charge >= 0.3 is 0 Å². The molecule has 29 heavy (non-hydrogen) atoms. The smallest absolute Gasteiger partial charge is 0.224 e. The fourth-order valence-electron chi connectivity index (χ4n) is 3.40. The largest absolute Gasteiger partial charge is 0.368 e. The Balaban J connectivity index is 1.64. The first kappa shape index (κ1) is 17.4. The van der Waals surface area contributed by atoms with E-state index in [2.05, 4.69) is 35.2 Å². The number of pyridine rings is 2. The van der Waals surface area contributed by atoms with Gasteiger partial charge in [0.05, 0.1) is 29.3 Å². The van der Waals surface area contributed by atoms with Gasteiger partial charge in [-0.3, -0.25) is 9.55 Å². The van der Waals surface area contributed by atoms with E-state index in [1.165, 1.54) is 0 Å². The van der Waals surface area contributed by atoms with Crippen LogP contribution < -0.4 is 11.1 Å². The van der Waals surface area contributed by atoms with Crippen molar-refractivity contribution < 1.29 is 0 Å². The first-order chi connectivity index (χ1) is 14.1. The number of anilines is 2. The van der Waals surface area contributed by atoms with Crippen LogP contribution in [0.25, 0.3) is 27.9 Å². The number of halogens is 1. The Labute approximate surface area is 170 Å². The number of H-pyrrole nitrogens is 1. The first-order valence-corrected chi connectivity index (χ1v) is 9.28. The summed E-state index contributed by atoms with van der Waals surface area (Å²) in [5.74, 6) is 0.706. The van der Waals surface area contributed by atoms with Gasteiger partial charge in [-0.05, 0) is 25.1 Å². The highest BCUT2D eigenvalue weighted by atomic mass is 35.5. The zero-order chi connectivity index (χ0) is 20.0. The molecule has 1 atom stereocenters. The number of nitrogen functional groups attached to an aromatic ring is 1. The average molecular weight is 406 g/mol. The summed E-state index contributed by atoms with van der Waals surface area (Å²) in [6.45, 7) is 2.02. The van der Waals surface area contributed by atoms with Crippen LogP contribution in [-0.4, -0.2) is 34.5 Å². The van der Waals surface area contributed by atoms with Crippen molar-refractivity contribution in [2.45, 2.75) is 13.0 Å². The second kappa shape index (κ2) is 6.71. The molecule has 0 aliphatic heterocycles. The molecule has 0 amide bonds. The molecule has 5 heterocycles. The minimum atomic E-state index is -0.161. The van der Waals surface area contributed by atoms with Crippen LogP contribution in [0.2, 0.25) is 5.02 Å². The maximum atomic E-state index is 6.55. The summed E-state index contributed by atoms with van der Waals surface area (Å²) < 4.78 is 1.97. The molecule has 0 saturated heterocycles. The molecule has 9 nitrogen and oxygen atoms in total. The summed E-state index contributed by atoms with van der Waals surface area (Å²) in [5, 5.41) is 4.86. The molecule has 0 spiro atoms. The molecule has 0 aromatic carbocycles. The van der Waals surface area contributed by atoms with Gasteiger partial charge in [0.15, 0.2) is 11.5 Å². The standard InChI is InChI=1S/C19H16ClN9/c1-10(26-17-15-16(25-9-24-15)27-19(21)28-17)12-8-29(11-3-2-5-22-7-11)18-14(12)13(20)4-6-23-18/h2-10H,1H3,(H4,21,24,25,26,27,28)/t10-/m0/s1. The number of nitrogens with one attached hydrogen (secondary N) is 2. The fourth-order valence-corrected chi connectivity index (χ4v) is 3.65. The van der Waals surface area contributed by atoms with E-state index in [1.54, 1.807) is 31.0 Å². The van der Waals surface area contributed by atoms with Crippen molar-refractivity contribution in [3.63, 3.8) is 0 Å². The Morgan fingerprint density at radius 2 is 2.10 bits per heavy atom. The fraction of sp³-hybridized carbons (Fsp3) is 0.105. The van der Waals surface area contributed by atoms with Crippen molar-refractivity contribution in [1.29, 1.82) is 0 Å². The molecule has 144 valence electrons. The van der Waals surface area contributed by atoms with Gasteiger partial charge in [0.2, 0.25) is 5.95 Å². The third kappa shape index (κ3) is 2.92. The molecule has 0 fully saturated rings. The lowest BCUT2D eigenvalue weighted by Crippen LogP contribution is -2.10. The highest BCUT2D eigenvalue weighted by Crippen LogP contribution is 2.34. The Hall–Kier alpha value is -3.72. The molecule has 0 saturated carbocycles. The molecule has 0 radical (unpaired) electrons. The van der Waals surface area contributed by atoms with Gasteiger partial charge in [-0.25, -0.2) is 9.97 Å². The van der Waals surface area contributed by atoms with Gasteiger partial charge in [-0.1, -0.05) is 11.6 Å². The van der Waals surface area contributed by atoms with Crippen molar-refractivity contribution in [3.05, 3.63) is 59.9 Å². The number of aromatic amines is 1. The number of hydrogen-bond donors (Lipinski definition) is 3. The molecular formula is C19H16ClN9. The number of aromatic nitrogens is 7. The quantitative estimate of drug-likeness (QED) is 0.418. The predicted molar refractivity (Wildman–Crippen MR) is 112 cm³/mol. The van der Waals surface area contributed by atoms with E-state index < -0.39 is 0 Å². The molecule has 5 aromatic rings. The lowest BCUT2D eigenvalue weighted by atomic mass is 10.1. The second-order valence-electron chi connectivity index (χ2n) is 6.55. The lowest BCUT2D eigenvalue weighted by molar-refractivity contribution is 0.878. The number of fused-ring (bicyclic) bond motifs is 2. The van der Waals surface area contributed by atoms with Gasteiger partial charge in [0, 0.05) is 29.5 Å². The van der Waals surface area contributed by atoms with Crippen LogP contribution in [0.3, 0.4) is 0 Å². The minimum Gasteiger partial charge on any atom is -0.368 e. The number of nitrogens with zero attached hydrogens (tertiary/aromatic N) is 6. The first-order valence-electron chi connectivity index (χ1n) is 8.91. The predicted octanol–water partition coefficient (Wildman–Crippen LogP) is 3.50. The van der Waals surface area contributed by atoms with E-state index >= 15 is 0 Å². The van der Waals surface area contributed by atoms with Crippen LogP contribution in [0.15, 0.2) is 49.3 Å². The number of rotatable bonds is 4. The molecule has 0 unspecified atom stereocenters. The molecule has 5 aromatic heterocycles. The van der Waals surface area contributed by atoms with Crippen LogP contribution >= 0.6 is 11.6 Å². The van der Waals surface area contributed by atoms with Gasteiger partial charge in [-0.2, -0.15) is 9.97 Å². The summed E-state index contributed by atoms with van der Waals surface area (Å²) in [7, 11) is 0. The topological polar surface area (TPSA) is 123 Å². The van der Waals surface area contributed by atoms with E-state index in [0.717, 1.165) is 22.3 Å². The Bertz CT molecular complexity index is 1330. The van der Waals surface area contributed by atoms with E-state index in [4.69, 9.17) is 17.3 Å². The maximum Gasteiger partial charge on any atom is 0.224 e. The molecule has 10 heteroatoms. The molecule has 0 aliphatic rings. The van der Waals surface area contributed by atoms with Gasteiger partial charge in [-0.15, -0.1) is 0 Å². The van der Waals surface area contributed by atoms with Crippen LogP contribution in [0.5, 0.6) is 0 Å². The van der Waals surface area contributed by atoms with Crippen LogP contribution in [0.4, 0.5) is 11.8 Å². The van der Waals surface area contributed by atoms with Crippen molar-refractivity contribution in [2.75, 3.05) is 11.1 Å². The molecular weight excluding hydrogens is 390 g/mol. The zero-order valence-electron chi connectivity index (χ0n) is 15.3. The summed E-state index contributed by atoms with van der Waals surface area (Å²) >= 11 is 6.55. The Morgan fingerprint density at radius 3 is 2.93 bits per heavy atom. The minimum absolute atomic E-state index is 0.161. The number of nitrogens with two attached hydrogens (primary N) is 1. The highest BCUT2D eigenvalue weighted by Gasteiger charge is 2.20. The Morgan fingerprint density at radius 1 is 1.21 bits per heavy atom. The van der Waals surface area contributed by atoms with E-state index in [-0.39, 0.29) is 12.0 Å². The van der Waals surface area contributed by atoms with Crippen molar-refractivity contribution in [1.82, 2.24) is 34.5 Å². The van der Waals surface area contributed by atoms with Crippen molar-refractivity contribution in [3.8, 4) is 5.69 Å². The Kier molecular flexibility index (Phi) is 4.02. The van der Waals surface area contributed by atoms with Gasteiger partial charge in [0.1, 0.15) is 11.2 Å². The van der Waals surface area contributed by atoms with Crippen LogP contribution in [-0.2, 0) is 0 Å². The van der Waals surface area contributed by atoms with Crippen LogP contribution in [0.1, 0.15) is 18.5 Å². The van der Waals surface area contributed by atoms with Crippen LogP contribution in [0, 0.1) is 0 Å².